The van der Waals surface area contributed by atoms with Gasteiger partial charge in [-0.3, -0.25) is 0 Å². The SMILES string of the molecule is C/C=C(/NC)c1cccc(C)c1C. The van der Waals surface area contributed by atoms with E-state index in [1.165, 1.54) is 22.4 Å². The minimum atomic E-state index is 1.20. The molecule has 0 saturated heterocycles. The van der Waals surface area contributed by atoms with E-state index in [9.17, 15) is 0 Å². The minimum absolute atomic E-state index is 1.20. The summed E-state index contributed by atoms with van der Waals surface area (Å²) in [4.78, 5) is 0. The van der Waals surface area contributed by atoms with Crippen molar-refractivity contribution >= 4 is 5.70 Å². The van der Waals surface area contributed by atoms with E-state index in [1.807, 2.05) is 14.0 Å². The fraction of sp³-hybridized carbons (Fsp3) is 0.333. The van der Waals surface area contributed by atoms with Crippen LogP contribution in [0.2, 0.25) is 0 Å². The van der Waals surface area contributed by atoms with Crippen LogP contribution in [0.25, 0.3) is 5.70 Å². The maximum Gasteiger partial charge on any atom is 0.0370 e. The summed E-state index contributed by atoms with van der Waals surface area (Å²) < 4.78 is 0. The lowest BCUT2D eigenvalue weighted by molar-refractivity contribution is 1.11. The van der Waals surface area contributed by atoms with Crippen molar-refractivity contribution in [2.24, 2.45) is 0 Å². The number of allylic oxidation sites excluding steroid dienone is 1. The van der Waals surface area contributed by atoms with Gasteiger partial charge in [0.2, 0.25) is 0 Å². The van der Waals surface area contributed by atoms with Gasteiger partial charge >= 0.3 is 0 Å². The molecule has 1 heteroatoms. The molecule has 0 aliphatic carbocycles. The summed E-state index contributed by atoms with van der Waals surface area (Å²) in [5, 5.41) is 3.20. The van der Waals surface area contributed by atoms with Crippen molar-refractivity contribution in [3.63, 3.8) is 0 Å². The first-order valence-corrected chi connectivity index (χ1v) is 4.61. The first-order chi connectivity index (χ1) is 6.20. The molecule has 0 aromatic heterocycles. The largest absolute Gasteiger partial charge is 0.388 e. The van der Waals surface area contributed by atoms with Gasteiger partial charge in [0.1, 0.15) is 0 Å². The lowest BCUT2D eigenvalue weighted by Crippen LogP contribution is -2.06. The molecule has 1 aromatic carbocycles. The molecule has 1 aromatic rings. The number of nitrogens with one attached hydrogen (secondary N) is 1. The van der Waals surface area contributed by atoms with Gasteiger partial charge in [0.15, 0.2) is 0 Å². The molecule has 0 spiro atoms. The summed E-state index contributed by atoms with van der Waals surface area (Å²) >= 11 is 0. The fourth-order valence-electron chi connectivity index (χ4n) is 1.48. The van der Waals surface area contributed by atoms with Gasteiger partial charge in [-0.2, -0.15) is 0 Å². The summed E-state index contributed by atoms with van der Waals surface area (Å²) in [6, 6.07) is 6.38. The molecular weight excluding hydrogens is 158 g/mol. The van der Waals surface area contributed by atoms with Crippen molar-refractivity contribution in [2.45, 2.75) is 20.8 Å². The molecule has 0 unspecified atom stereocenters. The Morgan fingerprint density at radius 2 is 2.00 bits per heavy atom. The van der Waals surface area contributed by atoms with Gasteiger partial charge in [-0.05, 0) is 31.9 Å². The minimum Gasteiger partial charge on any atom is -0.388 e. The van der Waals surface area contributed by atoms with Crippen LogP contribution in [0.1, 0.15) is 23.6 Å². The highest BCUT2D eigenvalue weighted by molar-refractivity contribution is 5.67. The van der Waals surface area contributed by atoms with E-state index in [4.69, 9.17) is 0 Å². The highest BCUT2D eigenvalue weighted by Gasteiger charge is 2.02. The van der Waals surface area contributed by atoms with E-state index in [-0.39, 0.29) is 0 Å². The Hall–Kier alpha value is -1.24. The second-order valence-corrected chi connectivity index (χ2v) is 3.20. The predicted octanol–water partition coefficient (Wildman–Crippen LogP) is 2.88. The summed E-state index contributed by atoms with van der Waals surface area (Å²) in [5.41, 5.74) is 5.18. The molecule has 0 fully saturated rings. The van der Waals surface area contributed by atoms with Gasteiger partial charge in [0, 0.05) is 18.3 Å². The average Bonchev–Trinajstić information content (AvgIpc) is 2.14. The summed E-state index contributed by atoms with van der Waals surface area (Å²) in [5.74, 6) is 0. The van der Waals surface area contributed by atoms with Crippen LogP contribution in [0.5, 0.6) is 0 Å². The molecular formula is C12H17N. The molecule has 1 rings (SSSR count). The van der Waals surface area contributed by atoms with Gasteiger partial charge in [-0.15, -0.1) is 0 Å². The Balaban J connectivity index is 3.22. The van der Waals surface area contributed by atoms with Crippen LogP contribution < -0.4 is 5.32 Å². The van der Waals surface area contributed by atoms with Crippen LogP contribution in [-0.2, 0) is 0 Å². The highest BCUT2D eigenvalue weighted by atomic mass is 14.8. The van der Waals surface area contributed by atoms with Crippen LogP contribution in [0.3, 0.4) is 0 Å². The van der Waals surface area contributed by atoms with Crippen LogP contribution in [-0.4, -0.2) is 7.05 Å². The maximum absolute atomic E-state index is 3.20. The molecule has 0 saturated carbocycles. The summed E-state index contributed by atoms with van der Waals surface area (Å²) in [6.07, 6.45) is 2.10. The second kappa shape index (κ2) is 4.13. The zero-order chi connectivity index (χ0) is 9.84. The van der Waals surface area contributed by atoms with E-state index in [0.29, 0.717) is 0 Å². The Morgan fingerprint density at radius 3 is 2.54 bits per heavy atom. The Morgan fingerprint density at radius 1 is 1.31 bits per heavy atom. The van der Waals surface area contributed by atoms with E-state index in [2.05, 4.69) is 43.4 Å². The number of hydrogen-bond acceptors (Lipinski definition) is 1. The summed E-state index contributed by atoms with van der Waals surface area (Å²) in [7, 11) is 1.96. The molecule has 0 atom stereocenters. The van der Waals surface area contributed by atoms with Crippen molar-refractivity contribution < 1.29 is 0 Å². The normalized spacial score (nSPS) is 11.5. The van der Waals surface area contributed by atoms with Gasteiger partial charge < -0.3 is 5.32 Å². The van der Waals surface area contributed by atoms with E-state index in [0.717, 1.165) is 0 Å². The van der Waals surface area contributed by atoms with Crippen molar-refractivity contribution in [3.05, 3.63) is 41.0 Å². The van der Waals surface area contributed by atoms with Crippen LogP contribution in [0.15, 0.2) is 24.3 Å². The Labute approximate surface area is 80.5 Å². The van der Waals surface area contributed by atoms with Crippen molar-refractivity contribution in [1.29, 1.82) is 0 Å². The Kier molecular flexibility index (Phi) is 3.13. The molecule has 0 aliphatic rings. The molecule has 0 amide bonds. The zero-order valence-corrected chi connectivity index (χ0v) is 8.81. The molecule has 70 valence electrons. The lowest BCUT2D eigenvalue weighted by Gasteiger charge is -2.11. The number of rotatable bonds is 2. The smallest absolute Gasteiger partial charge is 0.0370 e. The molecule has 0 radical (unpaired) electrons. The fourth-order valence-corrected chi connectivity index (χ4v) is 1.48. The number of benzene rings is 1. The third-order valence-electron chi connectivity index (χ3n) is 2.45. The number of hydrogen-bond donors (Lipinski definition) is 1. The van der Waals surface area contributed by atoms with Gasteiger partial charge in [-0.1, -0.05) is 24.3 Å². The average molecular weight is 175 g/mol. The van der Waals surface area contributed by atoms with Crippen molar-refractivity contribution in [3.8, 4) is 0 Å². The molecule has 13 heavy (non-hydrogen) atoms. The van der Waals surface area contributed by atoms with E-state index in [1.54, 1.807) is 0 Å². The van der Waals surface area contributed by atoms with Crippen LogP contribution in [0, 0.1) is 13.8 Å². The standard InChI is InChI=1S/C12H17N/c1-5-12(13-4)11-8-6-7-9(2)10(11)3/h5-8,13H,1-4H3/b12-5+. The highest BCUT2D eigenvalue weighted by Crippen LogP contribution is 2.18. The number of aryl methyl sites for hydroxylation is 1. The van der Waals surface area contributed by atoms with Gasteiger partial charge in [0.25, 0.3) is 0 Å². The molecule has 0 aliphatic heterocycles. The maximum atomic E-state index is 3.20. The van der Waals surface area contributed by atoms with E-state index >= 15 is 0 Å². The van der Waals surface area contributed by atoms with Crippen molar-refractivity contribution in [2.75, 3.05) is 7.05 Å². The quantitative estimate of drug-likeness (QED) is 0.728. The first kappa shape index (κ1) is 9.85. The topological polar surface area (TPSA) is 12.0 Å². The summed E-state index contributed by atoms with van der Waals surface area (Å²) in [6.45, 7) is 6.35. The third kappa shape index (κ3) is 1.92. The zero-order valence-electron chi connectivity index (χ0n) is 8.81. The second-order valence-electron chi connectivity index (χ2n) is 3.20. The monoisotopic (exact) mass is 175 g/mol. The first-order valence-electron chi connectivity index (χ1n) is 4.61. The third-order valence-corrected chi connectivity index (χ3v) is 2.45. The van der Waals surface area contributed by atoms with Gasteiger partial charge in [-0.25, -0.2) is 0 Å². The van der Waals surface area contributed by atoms with Crippen molar-refractivity contribution in [1.82, 2.24) is 5.32 Å². The van der Waals surface area contributed by atoms with Crippen LogP contribution >= 0.6 is 0 Å². The molecule has 1 N–H and O–H groups in total. The predicted molar refractivity (Wildman–Crippen MR) is 58.6 cm³/mol. The van der Waals surface area contributed by atoms with Gasteiger partial charge in [0.05, 0.1) is 0 Å². The van der Waals surface area contributed by atoms with Crippen LogP contribution in [0.4, 0.5) is 0 Å². The molecule has 0 heterocycles. The van der Waals surface area contributed by atoms with E-state index < -0.39 is 0 Å². The molecule has 0 bridgehead atoms. The Bertz CT molecular complexity index is 324. The lowest BCUT2D eigenvalue weighted by atomic mass is 10.0. The molecule has 1 nitrogen and oxygen atoms in total.